The van der Waals surface area contributed by atoms with Gasteiger partial charge < -0.3 is 9.32 Å². The van der Waals surface area contributed by atoms with Crippen LogP contribution in [-0.2, 0) is 0 Å². The van der Waals surface area contributed by atoms with Crippen LogP contribution in [0.25, 0.3) is 87.6 Å². The van der Waals surface area contributed by atoms with Gasteiger partial charge in [-0.3, -0.25) is 0 Å². The molecule has 1 aromatic heterocycles. The lowest BCUT2D eigenvalue weighted by molar-refractivity contribution is 0.669. The highest BCUT2D eigenvalue weighted by Gasteiger charge is 2.17. The molecule has 0 aliphatic carbocycles. The summed E-state index contributed by atoms with van der Waals surface area (Å²) in [4.78, 5) is 2.34. The first kappa shape index (κ1) is 32.0. The third-order valence-corrected chi connectivity index (χ3v) is 11.2. The van der Waals surface area contributed by atoms with E-state index in [1.54, 1.807) is 0 Å². The molecule has 0 spiro atoms. The maximum atomic E-state index is 6.41. The molecule has 0 atom stereocenters. The average molecular weight is 714 g/mol. The number of hydrogen-bond acceptors (Lipinski definition) is 2. The van der Waals surface area contributed by atoms with Crippen molar-refractivity contribution >= 4 is 71.3 Å². The van der Waals surface area contributed by atoms with Crippen molar-refractivity contribution in [2.45, 2.75) is 0 Å². The molecule has 0 saturated heterocycles. The van der Waals surface area contributed by atoms with E-state index in [-0.39, 0.29) is 0 Å². The van der Waals surface area contributed by atoms with Gasteiger partial charge in [0, 0.05) is 33.9 Å². The van der Waals surface area contributed by atoms with Crippen LogP contribution in [0.15, 0.2) is 217 Å². The molecular formula is C54H35NO. The molecule has 2 heteroatoms. The van der Waals surface area contributed by atoms with Gasteiger partial charge in [-0.25, -0.2) is 0 Å². The number of anilines is 3. The molecule has 0 amide bonds. The van der Waals surface area contributed by atoms with Crippen molar-refractivity contribution in [1.82, 2.24) is 0 Å². The van der Waals surface area contributed by atoms with Crippen molar-refractivity contribution in [3.8, 4) is 33.4 Å². The van der Waals surface area contributed by atoms with Crippen LogP contribution in [0.1, 0.15) is 0 Å². The largest absolute Gasteiger partial charge is 0.456 e. The van der Waals surface area contributed by atoms with Gasteiger partial charge in [0.05, 0.1) is 0 Å². The summed E-state index contributed by atoms with van der Waals surface area (Å²) in [7, 11) is 0. The fourth-order valence-corrected chi connectivity index (χ4v) is 8.45. The van der Waals surface area contributed by atoms with E-state index >= 15 is 0 Å². The van der Waals surface area contributed by atoms with E-state index in [9.17, 15) is 0 Å². The summed E-state index contributed by atoms with van der Waals surface area (Å²) in [5, 5.41) is 9.63. The number of hydrogen-bond donors (Lipinski definition) is 0. The van der Waals surface area contributed by atoms with Crippen LogP contribution in [0, 0.1) is 0 Å². The van der Waals surface area contributed by atoms with Crippen molar-refractivity contribution in [2.75, 3.05) is 4.90 Å². The van der Waals surface area contributed by atoms with Crippen molar-refractivity contribution in [1.29, 1.82) is 0 Å². The molecular weight excluding hydrogens is 679 g/mol. The lowest BCUT2D eigenvalue weighted by Crippen LogP contribution is -2.09. The van der Waals surface area contributed by atoms with Gasteiger partial charge in [-0.1, -0.05) is 152 Å². The van der Waals surface area contributed by atoms with Crippen molar-refractivity contribution in [3.05, 3.63) is 212 Å². The number of furan rings is 1. The number of benzene rings is 10. The van der Waals surface area contributed by atoms with E-state index in [2.05, 4.69) is 205 Å². The molecule has 0 saturated carbocycles. The number of fused-ring (bicyclic) bond motifs is 6. The van der Waals surface area contributed by atoms with Crippen LogP contribution >= 0.6 is 0 Å². The predicted octanol–water partition coefficient (Wildman–Crippen LogP) is 15.5. The summed E-state index contributed by atoms with van der Waals surface area (Å²) in [5.74, 6) is 0. The van der Waals surface area contributed by atoms with Gasteiger partial charge in [0.2, 0.25) is 0 Å². The third kappa shape index (κ3) is 5.51. The summed E-state index contributed by atoms with van der Waals surface area (Å²) in [6.07, 6.45) is 0. The fourth-order valence-electron chi connectivity index (χ4n) is 8.45. The van der Waals surface area contributed by atoms with Crippen LogP contribution < -0.4 is 4.90 Å². The minimum atomic E-state index is 0.871. The first-order valence-corrected chi connectivity index (χ1v) is 19.2. The van der Waals surface area contributed by atoms with Crippen LogP contribution in [-0.4, -0.2) is 0 Å². The van der Waals surface area contributed by atoms with E-state index in [0.29, 0.717) is 0 Å². The minimum absolute atomic E-state index is 0.871. The first-order chi connectivity index (χ1) is 27.7. The Kier molecular flexibility index (Phi) is 7.53. The van der Waals surface area contributed by atoms with Gasteiger partial charge >= 0.3 is 0 Å². The SMILES string of the molecule is c1ccc(-c2cccc3cccc(-c4ccc(N(c5ccc6cc(-c7ccc8ccccc8c7)ccc6c5)c5ccc6c(c5)oc5ccccc56)cc4)c23)cc1. The molecule has 0 unspecified atom stereocenters. The Bertz CT molecular complexity index is 3240. The number of nitrogens with zero attached hydrogens (tertiary/aromatic N) is 1. The monoisotopic (exact) mass is 713 g/mol. The van der Waals surface area contributed by atoms with Crippen molar-refractivity contribution in [2.24, 2.45) is 0 Å². The molecule has 56 heavy (non-hydrogen) atoms. The lowest BCUT2D eigenvalue weighted by Gasteiger charge is -2.26. The van der Waals surface area contributed by atoms with E-state index in [1.165, 1.54) is 65.7 Å². The molecule has 0 radical (unpaired) electrons. The quantitative estimate of drug-likeness (QED) is 0.171. The van der Waals surface area contributed by atoms with Crippen LogP contribution in [0.3, 0.4) is 0 Å². The second-order valence-electron chi connectivity index (χ2n) is 14.5. The molecule has 262 valence electrons. The highest BCUT2D eigenvalue weighted by atomic mass is 16.3. The zero-order valence-corrected chi connectivity index (χ0v) is 30.6. The molecule has 1 heterocycles. The fraction of sp³-hybridized carbons (Fsp3) is 0. The van der Waals surface area contributed by atoms with Gasteiger partial charge in [-0.05, 0) is 120 Å². The number of para-hydroxylation sites is 1. The molecule has 0 aliphatic heterocycles. The standard InChI is InChI=1S/C54H35NO/c1-2-11-37(12-3-1)48-17-8-14-39-15-9-18-49(54(39)48)38-24-27-45(28-25-38)55(47-30-31-51-50-16-6-7-19-52(50)56-53(51)35-47)46-29-26-43-33-42(22-23-44(43)34-46)41-21-20-36-10-4-5-13-40(36)32-41/h1-35H. The van der Waals surface area contributed by atoms with E-state index < -0.39 is 0 Å². The minimum Gasteiger partial charge on any atom is -0.456 e. The molecule has 0 bridgehead atoms. The summed E-state index contributed by atoms with van der Waals surface area (Å²) in [6, 6.07) is 76.6. The molecule has 11 aromatic rings. The van der Waals surface area contributed by atoms with Gasteiger partial charge in [0.1, 0.15) is 11.2 Å². The van der Waals surface area contributed by atoms with Gasteiger partial charge in [-0.2, -0.15) is 0 Å². The average Bonchev–Trinajstić information content (AvgIpc) is 3.64. The third-order valence-electron chi connectivity index (χ3n) is 11.2. The lowest BCUT2D eigenvalue weighted by atomic mass is 9.91. The Morgan fingerprint density at radius 1 is 0.286 bits per heavy atom. The molecule has 0 aliphatic rings. The molecule has 2 nitrogen and oxygen atoms in total. The zero-order chi connectivity index (χ0) is 37.0. The molecule has 0 N–H and O–H groups in total. The Balaban J connectivity index is 1.03. The van der Waals surface area contributed by atoms with Crippen LogP contribution in [0.5, 0.6) is 0 Å². The second-order valence-corrected chi connectivity index (χ2v) is 14.5. The first-order valence-electron chi connectivity index (χ1n) is 19.2. The van der Waals surface area contributed by atoms with Crippen LogP contribution in [0.4, 0.5) is 17.1 Å². The maximum absolute atomic E-state index is 6.41. The summed E-state index contributed by atoms with van der Waals surface area (Å²) in [5.41, 5.74) is 12.2. The predicted molar refractivity (Wildman–Crippen MR) is 237 cm³/mol. The Labute approximate surface area is 325 Å². The van der Waals surface area contributed by atoms with Crippen LogP contribution in [0.2, 0.25) is 0 Å². The maximum Gasteiger partial charge on any atom is 0.137 e. The van der Waals surface area contributed by atoms with Crippen molar-refractivity contribution < 1.29 is 4.42 Å². The van der Waals surface area contributed by atoms with Gasteiger partial charge in [0.25, 0.3) is 0 Å². The summed E-state index contributed by atoms with van der Waals surface area (Å²) >= 11 is 0. The van der Waals surface area contributed by atoms with Gasteiger partial charge in [-0.15, -0.1) is 0 Å². The van der Waals surface area contributed by atoms with Crippen molar-refractivity contribution in [3.63, 3.8) is 0 Å². The molecule has 10 aromatic carbocycles. The topological polar surface area (TPSA) is 16.4 Å². The summed E-state index contributed by atoms with van der Waals surface area (Å²) in [6.45, 7) is 0. The highest BCUT2D eigenvalue weighted by Crippen LogP contribution is 2.42. The Morgan fingerprint density at radius 3 is 1.59 bits per heavy atom. The Hall–Kier alpha value is -7.42. The number of rotatable bonds is 6. The zero-order valence-electron chi connectivity index (χ0n) is 30.6. The Morgan fingerprint density at radius 2 is 0.804 bits per heavy atom. The van der Waals surface area contributed by atoms with E-state index in [0.717, 1.165) is 39.0 Å². The highest BCUT2D eigenvalue weighted by molar-refractivity contribution is 6.08. The van der Waals surface area contributed by atoms with E-state index in [1.807, 2.05) is 12.1 Å². The second kappa shape index (κ2) is 13.2. The molecule has 11 rings (SSSR count). The normalized spacial score (nSPS) is 11.6. The molecule has 0 fully saturated rings. The van der Waals surface area contributed by atoms with Gasteiger partial charge in [0.15, 0.2) is 0 Å². The summed E-state index contributed by atoms with van der Waals surface area (Å²) < 4.78 is 6.41. The smallest absolute Gasteiger partial charge is 0.137 e. The van der Waals surface area contributed by atoms with E-state index in [4.69, 9.17) is 4.42 Å².